The Bertz CT molecular complexity index is 1210. The van der Waals surface area contributed by atoms with Crippen LogP contribution in [-0.4, -0.2) is 52.6 Å². The molecule has 2 aromatic carbocycles. The molecular formula is C29H33N3O5. The van der Waals surface area contributed by atoms with Crippen molar-refractivity contribution >= 4 is 23.5 Å². The van der Waals surface area contributed by atoms with E-state index in [1.807, 2.05) is 17.0 Å². The van der Waals surface area contributed by atoms with E-state index in [2.05, 4.69) is 34.9 Å². The standard InChI is InChI=1S/C29H33N3O5/c1-18-25(28(34)35)27(26(29(36)37)19(2)31-18)22-9-6-10-23(17-22)30-14-11-24(33)32-15-12-21(13-16-32)20-7-4-3-5-8-20/h3-10,17,21,27,30-31H,11-16H2,1-2H3,(H,34,35)(H,36,37). The van der Waals surface area contributed by atoms with Crippen molar-refractivity contribution in [2.24, 2.45) is 0 Å². The predicted molar refractivity (Wildman–Crippen MR) is 141 cm³/mol. The summed E-state index contributed by atoms with van der Waals surface area (Å²) in [6, 6.07) is 17.5. The summed E-state index contributed by atoms with van der Waals surface area (Å²) in [5.74, 6) is -2.65. The van der Waals surface area contributed by atoms with E-state index in [0.717, 1.165) is 25.9 Å². The number of benzene rings is 2. The quantitative estimate of drug-likeness (QED) is 0.424. The van der Waals surface area contributed by atoms with E-state index in [0.29, 0.717) is 41.5 Å². The fourth-order valence-corrected chi connectivity index (χ4v) is 5.38. The number of allylic oxidation sites excluding steroid dienone is 2. The topological polar surface area (TPSA) is 119 Å². The first kappa shape index (κ1) is 26.0. The molecule has 4 rings (SSSR count). The van der Waals surface area contributed by atoms with Crippen molar-refractivity contribution in [1.29, 1.82) is 0 Å². The first-order valence-corrected chi connectivity index (χ1v) is 12.6. The zero-order valence-corrected chi connectivity index (χ0v) is 21.2. The van der Waals surface area contributed by atoms with Crippen LogP contribution in [0, 0.1) is 0 Å². The third-order valence-electron chi connectivity index (χ3n) is 7.23. The number of likely N-dealkylation sites (tertiary alicyclic amines) is 1. The molecule has 1 amide bonds. The van der Waals surface area contributed by atoms with Crippen LogP contribution in [0.5, 0.6) is 0 Å². The van der Waals surface area contributed by atoms with E-state index in [4.69, 9.17) is 0 Å². The van der Waals surface area contributed by atoms with E-state index in [1.54, 1.807) is 32.0 Å². The number of hydrogen-bond donors (Lipinski definition) is 4. The molecule has 0 atom stereocenters. The zero-order valence-electron chi connectivity index (χ0n) is 21.2. The Hall–Kier alpha value is -4.07. The normalized spacial score (nSPS) is 17.0. The summed E-state index contributed by atoms with van der Waals surface area (Å²) in [6.45, 7) is 5.19. The first-order chi connectivity index (χ1) is 17.8. The lowest BCUT2D eigenvalue weighted by molar-refractivity contribution is -0.134. The number of aliphatic carboxylic acids is 2. The number of rotatable bonds is 8. The van der Waals surface area contributed by atoms with Crippen LogP contribution in [-0.2, 0) is 14.4 Å². The van der Waals surface area contributed by atoms with Gasteiger partial charge in [-0.05, 0) is 55.9 Å². The number of carboxylic acid groups (broad SMARTS) is 2. The van der Waals surface area contributed by atoms with Crippen molar-refractivity contribution in [3.8, 4) is 0 Å². The second kappa shape index (κ2) is 11.3. The first-order valence-electron chi connectivity index (χ1n) is 12.6. The third kappa shape index (κ3) is 5.85. The van der Waals surface area contributed by atoms with E-state index >= 15 is 0 Å². The molecule has 2 aliphatic rings. The molecule has 0 aliphatic carbocycles. The molecule has 37 heavy (non-hydrogen) atoms. The summed E-state index contributed by atoms with van der Waals surface area (Å²) in [5.41, 5.74) is 3.45. The van der Waals surface area contributed by atoms with E-state index < -0.39 is 17.9 Å². The smallest absolute Gasteiger partial charge is 0.334 e. The second-order valence-corrected chi connectivity index (χ2v) is 9.61. The van der Waals surface area contributed by atoms with Crippen molar-refractivity contribution in [3.63, 3.8) is 0 Å². The van der Waals surface area contributed by atoms with E-state index in [9.17, 15) is 24.6 Å². The SMILES string of the molecule is CC1=C(C(=O)O)C(c2cccc(NCCC(=O)N3CCC(c4ccccc4)CC3)c2)C(C(=O)O)=C(C)N1. The van der Waals surface area contributed by atoms with Gasteiger partial charge in [0.2, 0.25) is 5.91 Å². The molecule has 8 heteroatoms. The second-order valence-electron chi connectivity index (χ2n) is 9.61. The van der Waals surface area contributed by atoms with Gasteiger partial charge in [0.25, 0.3) is 0 Å². The molecule has 1 fully saturated rings. The fraction of sp³-hybridized carbons (Fsp3) is 0.345. The molecule has 0 aromatic heterocycles. The minimum absolute atomic E-state index is 0.00855. The molecule has 0 saturated carbocycles. The Labute approximate surface area is 216 Å². The van der Waals surface area contributed by atoms with Crippen molar-refractivity contribution < 1.29 is 24.6 Å². The molecule has 0 bridgehead atoms. The molecule has 0 unspecified atom stereocenters. The minimum Gasteiger partial charge on any atom is -0.478 e. The fourth-order valence-electron chi connectivity index (χ4n) is 5.38. The number of carboxylic acids is 2. The number of amides is 1. The number of carbonyl (C=O) groups is 3. The van der Waals surface area contributed by atoms with Gasteiger partial charge in [0.1, 0.15) is 0 Å². The Morgan fingerprint density at radius 2 is 1.49 bits per heavy atom. The summed E-state index contributed by atoms with van der Waals surface area (Å²) >= 11 is 0. The minimum atomic E-state index is -1.17. The van der Waals surface area contributed by atoms with Crippen LogP contribution in [0.1, 0.15) is 56.1 Å². The Morgan fingerprint density at radius 1 is 0.892 bits per heavy atom. The number of piperidine rings is 1. The van der Waals surface area contributed by atoms with Crippen molar-refractivity contribution in [2.75, 3.05) is 25.0 Å². The lowest BCUT2D eigenvalue weighted by atomic mass is 9.80. The highest BCUT2D eigenvalue weighted by molar-refractivity contribution is 5.98. The van der Waals surface area contributed by atoms with Gasteiger partial charge < -0.3 is 25.7 Å². The van der Waals surface area contributed by atoms with Crippen LogP contribution in [0.4, 0.5) is 5.69 Å². The number of anilines is 1. The number of nitrogens with one attached hydrogen (secondary N) is 2. The van der Waals surface area contributed by atoms with Gasteiger partial charge in [0.05, 0.1) is 17.1 Å². The largest absolute Gasteiger partial charge is 0.478 e. The van der Waals surface area contributed by atoms with Gasteiger partial charge in [-0.1, -0.05) is 42.5 Å². The van der Waals surface area contributed by atoms with Gasteiger partial charge in [-0.15, -0.1) is 0 Å². The maximum atomic E-state index is 12.8. The number of dihydropyridines is 1. The van der Waals surface area contributed by atoms with Gasteiger partial charge in [-0.25, -0.2) is 9.59 Å². The molecule has 0 radical (unpaired) electrons. The highest BCUT2D eigenvalue weighted by Gasteiger charge is 2.36. The lowest BCUT2D eigenvalue weighted by Crippen LogP contribution is -2.38. The third-order valence-corrected chi connectivity index (χ3v) is 7.23. The molecular weight excluding hydrogens is 470 g/mol. The van der Waals surface area contributed by atoms with Crippen molar-refractivity contribution in [3.05, 3.63) is 88.3 Å². The molecule has 0 spiro atoms. The van der Waals surface area contributed by atoms with Crippen LogP contribution in [0.15, 0.2) is 77.1 Å². The van der Waals surface area contributed by atoms with Crippen LogP contribution in [0.3, 0.4) is 0 Å². The van der Waals surface area contributed by atoms with Crippen molar-refractivity contribution in [1.82, 2.24) is 10.2 Å². The van der Waals surface area contributed by atoms with Gasteiger partial charge in [0, 0.05) is 43.1 Å². The molecule has 2 aliphatic heterocycles. The number of hydrogen-bond acceptors (Lipinski definition) is 5. The van der Waals surface area contributed by atoms with Crippen LogP contribution in [0.2, 0.25) is 0 Å². The van der Waals surface area contributed by atoms with Crippen LogP contribution in [0.25, 0.3) is 0 Å². The number of nitrogens with zero attached hydrogens (tertiary/aromatic N) is 1. The zero-order chi connectivity index (χ0) is 26.5. The average Bonchev–Trinajstić information content (AvgIpc) is 2.88. The van der Waals surface area contributed by atoms with Gasteiger partial charge >= 0.3 is 11.9 Å². The average molecular weight is 504 g/mol. The number of carbonyl (C=O) groups excluding carboxylic acids is 1. The van der Waals surface area contributed by atoms with Gasteiger partial charge in [0.15, 0.2) is 0 Å². The van der Waals surface area contributed by atoms with Gasteiger partial charge in [-0.2, -0.15) is 0 Å². The predicted octanol–water partition coefficient (Wildman–Crippen LogP) is 4.30. The summed E-state index contributed by atoms with van der Waals surface area (Å²) in [5, 5.41) is 25.8. The van der Waals surface area contributed by atoms with E-state index in [1.165, 1.54) is 5.56 Å². The Kier molecular flexibility index (Phi) is 7.96. The summed E-state index contributed by atoms with van der Waals surface area (Å²) < 4.78 is 0. The molecule has 2 heterocycles. The summed E-state index contributed by atoms with van der Waals surface area (Å²) in [4.78, 5) is 38.8. The molecule has 2 aromatic rings. The highest BCUT2D eigenvalue weighted by atomic mass is 16.4. The van der Waals surface area contributed by atoms with Crippen molar-refractivity contribution in [2.45, 2.75) is 44.9 Å². The Morgan fingerprint density at radius 3 is 2.08 bits per heavy atom. The maximum Gasteiger partial charge on any atom is 0.334 e. The van der Waals surface area contributed by atoms with E-state index in [-0.39, 0.29) is 17.1 Å². The Balaban J connectivity index is 1.38. The lowest BCUT2D eigenvalue weighted by Gasteiger charge is -2.32. The highest BCUT2D eigenvalue weighted by Crippen LogP contribution is 2.39. The monoisotopic (exact) mass is 503 g/mol. The molecule has 194 valence electrons. The summed E-state index contributed by atoms with van der Waals surface area (Å²) in [7, 11) is 0. The summed E-state index contributed by atoms with van der Waals surface area (Å²) in [6.07, 6.45) is 2.25. The molecule has 4 N–H and O–H groups in total. The van der Waals surface area contributed by atoms with Crippen LogP contribution >= 0.6 is 0 Å². The maximum absolute atomic E-state index is 12.8. The molecule has 1 saturated heterocycles. The van der Waals surface area contributed by atoms with Gasteiger partial charge in [-0.3, -0.25) is 4.79 Å². The van der Waals surface area contributed by atoms with Crippen LogP contribution < -0.4 is 10.6 Å². The molecule has 8 nitrogen and oxygen atoms in total.